The molecule has 0 bridgehead atoms. The molecule has 5 heteroatoms. The molecule has 112 valence electrons. The number of hydrogen-bond acceptors (Lipinski definition) is 5. The fraction of sp³-hybridized carbons (Fsp3) is 0.375. The van der Waals surface area contributed by atoms with E-state index < -0.39 is 11.8 Å². The van der Waals surface area contributed by atoms with Crippen LogP contribution in [0.25, 0.3) is 0 Å². The molecule has 0 fully saturated rings. The second-order valence-electron chi connectivity index (χ2n) is 5.23. The molecule has 1 heterocycles. The molecular formula is C16H18O5. The van der Waals surface area contributed by atoms with Gasteiger partial charge in [0.05, 0.1) is 19.1 Å². The van der Waals surface area contributed by atoms with Gasteiger partial charge in [-0.3, -0.25) is 4.79 Å². The van der Waals surface area contributed by atoms with Crippen molar-refractivity contribution < 1.29 is 23.8 Å². The Morgan fingerprint density at radius 3 is 2.57 bits per heavy atom. The number of benzene rings is 1. The second-order valence-corrected chi connectivity index (χ2v) is 5.23. The Morgan fingerprint density at radius 1 is 1.19 bits per heavy atom. The van der Waals surface area contributed by atoms with Gasteiger partial charge in [-0.15, -0.1) is 0 Å². The number of allylic oxidation sites excluding steroid dienone is 1. The monoisotopic (exact) mass is 290 g/mol. The predicted molar refractivity (Wildman–Crippen MR) is 75.1 cm³/mol. The third-order valence-corrected chi connectivity index (χ3v) is 2.75. The van der Waals surface area contributed by atoms with Gasteiger partial charge in [0.25, 0.3) is 0 Å². The first-order chi connectivity index (χ1) is 9.94. The van der Waals surface area contributed by atoms with Crippen molar-refractivity contribution >= 4 is 11.8 Å². The van der Waals surface area contributed by atoms with Crippen LogP contribution in [-0.4, -0.2) is 24.1 Å². The molecule has 0 spiro atoms. The fourth-order valence-electron chi connectivity index (χ4n) is 1.96. The summed E-state index contributed by atoms with van der Waals surface area (Å²) in [5.41, 5.74) is 1.00. The third kappa shape index (κ3) is 5.04. The van der Waals surface area contributed by atoms with Crippen LogP contribution in [0.1, 0.15) is 25.8 Å². The summed E-state index contributed by atoms with van der Waals surface area (Å²) < 4.78 is 15.7. The number of rotatable bonds is 6. The van der Waals surface area contributed by atoms with Gasteiger partial charge in [-0.1, -0.05) is 30.3 Å². The highest BCUT2D eigenvalue weighted by molar-refractivity contribution is 5.87. The maximum Gasteiger partial charge on any atom is 0.337 e. The molecule has 0 aromatic heterocycles. The standard InChI is InChI=1S/C16H18O5/c1-16(2)20-14(9-15(18)21-16)8-13(17)11-19-10-12-6-4-3-5-7-12/h3-7,9H,8,10-11H2,1-2H3. The smallest absolute Gasteiger partial charge is 0.337 e. The molecule has 5 nitrogen and oxygen atoms in total. The molecule has 1 aliphatic rings. The minimum Gasteiger partial charge on any atom is -0.456 e. The van der Waals surface area contributed by atoms with E-state index >= 15 is 0 Å². The largest absolute Gasteiger partial charge is 0.456 e. The number of esters is 1. The van der Waals surface area contributed by atoms with E-state index in [2.05, 4.69) is 0 Å². The molecule has 0 N–H and O–H groups in total. The van der Waals surface area contributed by atoms with Crippen LogP contribution in [0.4, 0.5) is 0 Å². The Kier molecular flexibility index (Phi) is 4.75. The van der Waals surface area contributed by atoms with Crippen molar-refractivity contribution in [1.29, 1.82) is 0 Å². The van der Waals surface area contributed by atoms with E-state index in [-0.39, 0.29) is 18.8 Å². The van der Waals surface area contributed by atoms with E-state index in [1.165, 1.54) is 6.08 Å². The fourth-order valence-corrected chi connectivity index (χ4v) is 1.96. The summed E-state index contributed by atoms with van der Waals surface area (Å²) in [6.07, 6.45) is 1.22. The van der Waals surface area contributed by atoms with Crippen molar-refractivity contribution in [3.05, 3.63) is 47.7 Å². The molecule has 0 saturated heterocycles. The number of ether oxygens (including phenoxy) is 3. The average Bonchev–Trinajstić information content (AvgIpc) is 2.37. The van der Waals surface area contributed by atoms with Gasteiger partial charge < -0.3 is 14.2 Å². The Morgan fingerprint density at radius 2 is 1.90 bits per heavy atom. The van der Waals surface area contributed by atoms with Crippen LogP contribution in [0.2, 0.25) is 0 Å². The molecule has 0 aliphatic carbocycles. The first-order valence-electron chi connectivity index (χ1n) is 6.70. The van der Waals surface area contributed by atoms with E-state index in [1.54, 1.807) is 13.8 Å². The van der Waals surface area contributed by atoms with Crippen molar-refractivity contribution in [2.24, 2.45) is 0 Å². The molecule has 0 unspecified atom stereocenters. The molecule has 1 aliphatic heterocycles. The van der Waals surface area contributed by atoms with Crippen molar-refractivity contribution in [3.63, 3.8) is 0 Å². The summed E-state index contributed by atoms with van der Waals surface area (Å²) in [5, 5.41) is 0. The maximum absolute atomic E-state index is 11.8. The van der Waals surface area contributed by atoms with Crippen LogP contribution < -0.4 is 0 Å². The SMILES string of the molecule is CC1(C)OC(=O)C=C(CC(=O)COCc2ccccc2)O1. The van der Waals surface area contributed by atoms with E-state index in [0.29, 0.717) is 12.4 Å². The molecule has 0 saturated carbocycles. The zero-order valence-corrected chi connectivity index (χ0v) is 12.1. The highest BCUT2D eigenvalue weighted by Gasteiger charge is 2.30. The topological polar surface area (TPSA) is 61.8 Å². The van der Waals surface area contributed by atoms with Gasteiger partial charge in [0, 0.05) is 13.8 Å². The summed E-state index contributed by atoms with van der Waals surface area (Å²) in [7, 11) is 0. The van der Waals surface area contributed by atoms with Crippen molar-refractivity contribution in [3.8, 4) is 0 Å². The number of hydrogen-bond donors (Lipinski definition) is 0. The Balaban J connectivity index is 1.78. The number of carbonyl (C=O) groups is 2. The highest BCUT2D eigenvalue weighted by Crippen LogP contribution is 2.23. The minimum absolute atomic E-state index is 0.0212. The number of ketones is 1. The Labute approximate surface area is 123 Å². The lowest BCUT2D eigenvalue weighted by molar-refractivity contribution is -0.205. The highest BCUT2D eigenvalue weighted by atomic mass is 16.7. The van der Waals surface area contributed by atoms with Gasteiger partial charge >= 0.3 is 5.97 Å². The number of carbonyl (C=O) groups excluding carboxylic acids is 2. The normalized spacial score (nSPS) is 16.7. The van der Waals surface area contributed by atoms with Crippen LogP contribution in [0.3, 0.4) is 0 Å². The first kappa shape index (κ1) is 15.3. The van der Waals surface area contributed by atoms with Gasteiger partial charge in [-0.25, -0.2) is 4.79 Å². The quantitative estimate of drug-likeness (QED) is 0.753. The molecule has 0 amide bonds. The maximum atomic E-state index is 11.8. The summed E-state index contributed by atoms with van der Waals surface area (Å²) in [6.45, 7) is 3.59. The van der Waals surface area contributed by atoms with Crippen molar-refractivity contribution in [1.82, 2.24) is 0 Å². The summed E-state index contributed by atoms with van der Waals surface area (Å²) in [4.78, 5) is 23.2. The van der Waals surface area contributed by atoms with Crippen molar-refractivity contribution in [2.75, 3.05) is 6.61 Å². The zero-order chi connectivity index (χ0) is 15.3. The average molecular weight is 290 g/mol. The minimum atomic E-state index is -1.04. The van der Waals surface area contributed by atoms with Gasteiger partial charge in [-0.2, -0.15) is 0 Å². The van der Waals surface area contributed by atoms with E-state index in [0.717, 1.165) is 5.56 Å². The second kappa shape index (κ2) is 6.54. The van der Waals surface area contributed by atoms with Crippen LogP contribution in [0.15, 0.2) is 42.2 Å². The summed E-state index contributed by atoms with van der Waals surface area (Å²) >= 11 is 0. The van der Waals surface area contributed by atoms with E-state index in [4.69, 9.17) is 14.2 Å². The molecule has 0 atom stereocenters. The van der Waals surface area contributed by atoms with Gasteiger partial charge in [0.2, 0.25) is 5.79 Å². The Bertz CT molecular complexity index is 545. The molecule has 21 heavy (non-hydrogen) atoms. The summed E-state index contributed by atoms with van der Waals surface area (Å²) in [6, 6.07) is 9.59. The number of Topliss-reactive ketones (excluding diaryl/α,β-unsaturated/α-hetero) is 1. The van der Waals surface area contributed by atoms with Crippen LogP contribution in [0.5, 0.6) is 0 Å². The lowest BCUT2D eigenvalue weighted by Gasteiger charge is -2.30. The van der Waals surface area contributed by atoms with Crippen LogP contribution in [0, 0.1) is 0 Å². The lowest BCUT2D eigenvalue weighted by atomic mass is 10.2. The van der Waals surface area contributed by atoms with Crippen molar-refractivity contribution in [2.45, 2.75) is 32.7 Å². The third-order valence-electron chi connectivity index (χ3n) is 2.75. The summed E-state index contributed by atoms with van der Waals surface area (Å²) in [5.74, 6) is -1.38. The molecule has 2 rings (SSSR count). The Hall–Kier alpha value is -2.14. The van der Waals surface area contributed by atoms with Gasteiger partial charge in [-0.05, 0) is 5.56 Å². The van der Waals surface area contributed by atoms with Gasteiger partial charge in [0.15, 0.2) is 5.78 Å². The van der Waals surface area contributed by atoms with Crippen LogP contribution >= 0.6 is 0 Å². The van der Waals surface area contributed by atoms with Crippen LogP contribution in [-0.2, 0) is 30.4 Å². The van der Waals surface area contributed by atoms with E-state index in [9.17, 15) is 9.59 Å². The predicted octanol–water partition coefficient (Wildman–Crippen LogP) is 2.36. The number of cyclic esters (lactones) is 1. The van der Waals surface area contributed by atoms with Gasteiger partial charge in [0.1, 0.15) is 12.4 Å². The first-order valence-corrected chi connectivity index (χ1v) is 6.70. The molecule has 0 radical (unpaired) electrons. The lowest BCUT2D eigenvalue weighted by Crippen LogP contribution is -2.35. The molecule has 1 aromatic carbocycles. The molecule has 1 aromatic rings. The van der Waals surface area contributed by atoms with E-state index in [1.807, 2.05) is 30.3 Å². The zero-order valence-electron chi connectivity index (χ0n) is 12.1. The molecular weight excluding hydrogens is 272 g/mol.